The molecule has 0 bridgehead atoms. The van der Waals surface area contributed by atoms with Crippen LogP contribution in [0.4, 0.5) is 5.13 Å². The molecule has 0 amide bonds. The van der Waals surface area contributed by atoms with Crippen LogP contribution in [0.3, 0.4) is 0 Å². The number of thiazole rings is 1. The zero-order chi connectivity index (χ0) is 19.1. The molecular weight excluding hydrogens is 362 g/mol. The molecule has 3 aromatic rings. The van der Waals surface area contributed by atoms with Gasteiger partial charge < -0.3 is 9.47 Å². The Bertz CT molecular complexity index is 939. The van der Waals surface area contributed by atoms with E-state index in [2.05, 4.69) is 15.5 Å². The van der Waals surface area contributed by atoms with Gasteiger partial charge in [0.1, 0.15) is 10.6 Å². The highest BCUT2D eigenvalue weighted by atomic mass is 32.1. The van der Waals surface area contributed by atoms with Crippen molar-refractivity contribution in [2.45, 2.75) is 6.92 Å². The number of esters is 1. The van der Waals surface area contributed by atoms with Crippen molar-refractivity contribution >= 4 is 28.7 Å². The van der Waals surface area contributed by atoms with Gasteiger partial charge in [0.2, 0.25) is 5.13 Å². The number of carbonyl (C=O) groups excluding carboxylic acids is 1. The number of nitrogens with one attached hydrogen (secondary N) is 1. The number of nitrogens with zero attached hydrogens (tertiary/aromatic N) is 2. The molecule has 0 saturated carbocycles. The summed E-state index contributed by atoms with van der Waals surface area (Å²) in [4.78, 5) is 17.0. The smallest absolute Gasteiger partial charge is 0.350 e. The number of hydrazone groups is 1. The molecule has 0 saturated heterocycles. The lowest BCUT2D eigenvalue weighted by Crippen LogP contribution is -2.00. The molecule has 0 spiro atoms. The minimum Gasteiger partial charge on any atom is -0.493 e. The van der Waals surface area contributed by atoms with Crippen molar-refractivity contribution in [3.8, 4) is 17.0 Å². The fourth-order valence-electron chi connectivity index (χ4n) is 2.42. The third-order valence-corrected chi connectivity index (χ3v) is 4.57. The summed E-state index contributed by atoms with van der Waals surface area (Å²) in [7, 11) is 1.35. The Labute approximate surface area is 161 Å². The predicted octanol–water partition coefficient (Wildman–Crippen LogP) is 4.44. The van der Waals surface area contributed by atoms with Gasteiger partial charge >= 0.3 is 5.97 Å². The first kappa shape index (κ1) is 18.6. The van der Waals surface area contributed by atoms with Crippen LogP contribution in [-0.2, 0) is 4.74 Å². The normalized spacial score (nSPS) is 10.7. The van der Waals surface area contributed by atoms with E-state index in [4.69, 9.17) is 9.47 Å². The van der Waals surface area contributed by atoms with Crippen LogP contribution < -0.4 is 10.2 Å². The van der Waals surface area contributed by atoms with Gasteiger partial charge in [-0.1, -0.05) is 53.8 Å². The number of rotatable bonds is 7. The first-order valence-corrected chi connectivity index (χ1v) is 9.20. The lowest BCUT2D eigenvalue weighted by molar-refractivity contribution is 0.0607. The van der Waals surface area contributed by atoms with Crippen molar-refractivity contribution in [1.82, 2.24) is 4.98 Å². The number of anilines is 1. The van der Waals surface area contributed by atoms with Gasteiger partial charge in [-0.2, -0.15) is 5.10 Å². The topological polar surface area (TPSA) is 72.8 Å². The highest BCUT2D eigenvalue weighted by Gasteiger charge is 2.19. The lowest BCUT2D eigenvalue weighted by atomic mass is 10.1. The molecule has 1 N–H and O–H groups in total. The molecule has 138 valence electrons. The quantitative estimate of drug-likeness (QED) is 0.372. The van der Waals surface area contributed by atoms with Crippen LogP contribution in [0.2, 0.25) is 0 Å². The predicted molar refractivity (Wildman–Crippen MR) is 108 cm³/mol. The number of methoxy groups -OCH3 is 1. The van der Waals surface area contributed by atoms with Gasteiger partial charge in [-0.15, -0.1) is 0 Å². The first-order chi connectivity index (χ1) is 13.2. The monoisotopic (exact) mass is 381 g/mol. The summed E-state index contributed by atoms with van der Waals surface area (Å²) < 4.78 is 10.5. The van der Waals surface area contributed by atoms with Crippen LogP contribution >= 0.6 is 11.3 Å². The molecule has 1 aromatic heterocycles. The number of para-hydroxylation sites is 1. The summed E-state index contributed by atoms with van der Waals surface area (Å²) in [6.45, 7) is 2.51. The summed E-state index contributed by atoms with van der Waals surface area (Å²) >= 11 is 1.19. The second-order valence-corrected chi connectivity index (χ2v) is 6.39. The maximum Gasteiger partial charge on any atom is 0.350 e. The van der Waals surface area contributed by atoms with E-state index < -0.39 is 5.97 Å². The second kappa shape index (κ2) is 8.95. The van der Waals surface area contributed by atoms with Crippen molar-refractivity contribution in [1.29, 1.82) is 0 Å². The molecule has 6 nitrogen and oxygen atoms in total. The van der Waals surface area contributed by atoms with Gasteiger partial charge in [0.15, 0.2) is 0 Å². The molecule has 3 rings (SSSR count). The zero-order valence-electron chi connectivity index (χ0n) is 15.0. The fraction of sp³-hybridized carbons (Fsp3) is 0.150. The summed E-state index contributed by atoms with van der Waals surface area (Å²) in [5.41, 5.74) is 5.14. The summed E-state index contributed by atoms with van der Waals surface area (Å²) in [6, 6.07) is 17.1. The Kier molecular flexibility index (Phi) is 6.17. The number of carbonyl (C=O) groups is 1. The molecule has 0 radical (unpaired) electrons. The van der Waals surface area contributed by atoms with Crippen LogP contribution in [0, 0.1) is 0 Å². The van der Waals surface area contributed by atoms with Crippen LogP contribution in [-0.4, -0.2) is 30.9 Å². The number of hydrogen-bond donors (Lipinski definition) is 1. The molecule has 2 aromatic carbocycles. The fourth-order valence-corrected chi connectivity index (χ4v) is 3.28. The third kappa shape index (κ3) is 4.51. The first-order valence-electron chi connectivity index (χ1n) is 8.38. The minimum absolute atomic E-state index is 0.426. The van der Waals surface area contributed by atoms with E-state index in [0.717, 1.165) is 16.9 Å². The van der Waals surface area contributed by atoms with Gasteiger partial charge in [-0.3, -0.25) is 5.43 Å². The van der Waals surface area contributed by atoms with Gasteiger partial charge in [-0.05, 0) is 19.1 Å². The standard InChI is InChI=1S/C20H19N3O3S/c1-3-26-16-12-8-7-11-15(16)13-21-23-20-22-17(14-9-5-4-6-10-14)18(27-20)19(24)25-2/h4-13H,3H2,1-2H3,(H,22,23)/b21-13-. The summed E-state index contributed by atoms with van der Waals surface area (Å²) in [6.07, 6.45) is 1.66. The average molecular weight is 381 g/mol. The minimum atomic E-state index is -0.426. The van der Waals surface area contributed by atoms with Crippen molar-refractivity contribution in [2.24, 2.45) is 5.10 Å². The van der Waals surface area contributed by atoms with Gasteiger partial charge in [0.05, 0.1) is 25.6 Å². The molecule has 27 heavy (non-hydrogen) atoms. The van der Waals surface area contributed by atoms with E-state index in [1.807, 2.05) is 61.5 Å². The largest absolute Gasteiger partial charge is 0.493 e. The molecule has 0 aliphatic heterocycles. The van der Waals surface area contributed by atoms with Crippen LogP contribution in [0.15, 0.2) is 59.7 Å². The van der Waals surface area contributed by atoms with Crippen molar-refractivity contribution in [3.63, 3.8) is 0 Å². The average Bonchev–Trinajstić information content (AvgIpc) is 3.14. The number of hydrogen-bond acceptors (Lipinski definition) is 7. The third-order valence-electron chi connectivity index (χ3n) is 3.63. The molecule has 1 heterocycles. The van der Waals surface area contributed by atoms with Crippen LogP contribution in [0.5, 0.6) is 5.75 Å². The van der Waals surface area contributed by atoms with E-state index in [1.165, 1.54) is 18.4 Å². The van der Waals surface area contributed by atoms with Gasteiger partial charge in [-0.25, -0.2) is 9.78 Å². The lowest BCUT2D eigenvalue weighted by Gasteiger charge is -2.05. The summed E-state index contributed by atoms with van der Waals surface area (Å²) in [5, 5.41) is 4.73. The molecule has 0 aliphatic rings. The van der Waals surface area contributed by atoms with Gasteiger partial charge in [0.25, 0.3) is 0 Å². The second-order valence-electron chi connectivity index (χ2n) is 5.40. The Balaban J connectivity index is 1.84. The van der Waals surface area contributed by atoms with Crippen molar-refractivity contribution < 1.29 is 14.3 Å². The molecule has 7 heteroatoms. The highest BCUT2D eigenvalue weighted by Crippen LogP contribution is 2.31. The number of ether oxygens (including phenoxy) is 2. The highest BCUT2D eigenvalue weighted by molar-refractivity contribution is 7.17. The molecule has 0 atom stereocenters. The summed E-state index contributed by atoms with van der Waals surface area (Å²) in [5.74, 6) is 0.329. The van der Waals surface area contributed by atoms with E-state index in [-0.39, 0.29) is 0 Å². The Morgan fingerprint density at radius 1 is 1.19 bits per heavy atom. The Morgan fingerprint density at radius 2 is 1.93 bits per heavy atom. The van der Waals surface area contributed by atoms with Crippen LogP contribution in [0.25, 0.3) is 11.3 Å². The molecule has 0 fully saturated rings. The van der Waals surface area contributed by atoms with E-state index in [0.29, 0.717) is 22.3 Å². The Hall–Kier alpha value is -3.19. The van der Waals surface area contributed by atoms with Crippen LogP contribution in [0.1, 0.15) is 22.2 Å². The van der Waals surface area contributed by atoms with E-state index >= 15 is 0 Å². The Morgan fingerprint density at radius 3 is 2.67 bits per heavy atom. The molecule has 0 unspecified atom stereocenters. The number of aromatic nitrogens is 1. The maximum absolute atomic E-state index is 12.1. The zero-order valence-corrected chi connectivity index (χ0v) is 15.8. The van der Waals surface area contributed by atoms with Crippen molar-refractivity contribution in [2.75, 3.05) is 19.1 Å². The molecular formula is C20H19N3O3S. The van der Waals surface area contributed by atoms with E-state index in [1.54, 1.807) is 6.21 Å². The van der Waals surface area contributed by atoms with E-state index in [9.17, 15) is 4.79 Å². The van der Waals surface area contributed by atoms with Gasteiger partial charge in [0, 0.05) is 11.1 Å². The molecule has 0 aliphatic carbocycles. The number of benzene rings is 2. The maximum atomic E-state index is 12.1. The SMILES string of the molecule is CCOc1ccccc1/C=N\Nc1nc(-c2ccccc2)c(C(=O)OC)s1. The van der Waals surface area contributed by atoms with Crippen molar-refractivity contribution in [3.05, 3.63) is 65.0 Å².